The molecule has 0 aromatic rings. The van der Waals surface area contributed by atoms with Crippen LogP contribution in [0.25, 0.3) is 0 Å². The molecule has 5 aliphatic heterocycles. The van der Waals surface area contributed by atoms with Gasteiger partial charge in [-0.1, -0.05) is 103 Å². The van der Waals surface area contributed by atoms with Gasteiger partial charge in [0.05, 0.1) is 18.3 Å². The molecule has 5 aliphatic rings. The Labute approximate surface area is 370 Å². The minimum absolute atomic E-state index is 0.138. The summed E-state index contributed by atoms with van der Waals surface area (Å²) >= 11 is -2.08. The number of fused-ring (bicyclic) bond motifs is 2. The first-order valence-electron chi connectivity index (χ1n) is 23.1. The van der Waals surface area contributed by atoms with Crippen molar-refractivity contribution in [1.82, 2.24) is 9.80 Å². The van der Waals surface area contributed by atoms with Crippen LogP contribution in [0.15, 0.2) is 12.7 Å². The number of rotatable bonds is 12. The van der Waals surface area contributed by atoms with Gasteiger partial charge in [0.2, 0.25) is 0 Å². The molecule has 59 heavy (non-hydrogen) atoms. The van der Waals surface area contributed by atoms with E-state index in [0.717, 1.165) is 24.9 Å². The molecule has 11 nitrogen and oxygen atoms in total. The van der Waals surface area contributed by atoms with Crippen LogP contribution in [-0.4, -0.2) is 125 Å². The second-order valence-corrected chi connectivity index (χ2v) is 30.9. The molecule has 0 spiro atoms. The van der Waals surface area contributed by atoms with Gasteiger partial charge < -0.3 is 32.7 Å². The Hall–Kier alpha value is 0.0501. The predicted octanol–water partition coefficient (Wildman–Crippen LogP) is 9.10. The molecule has 5 rings (SSSR count). The fraction of sp³-hybridized carbons (Fsp3) is 0.956. The van der Waals surface area contributed by atoms with Crippen molar-refractivity contribution in [2.45, 2.75) is 232 Å². The molecular weight excluding hydrogens is 959 g/mol. The maximum atomic E-state index is 11.2. The van der Waals surface area contributed by atoms with Crippen LogP contribution in [0.4, 0.5) is 0 Å². The Bertz CT molecular complexity index is 1250. The van der Waals surface area contributed by atoms with Crippen LogP contribution < -0.4 is 0 Å². The first-order chi connectivity index (χ1) is 27.5. The van der Waals surface area contributed by atoms with E-state index in [9.17, 15) is 10.2 Å². The monoisotopic (exact) mass is 1050 g/mol. The summed E-state index contributed by atoms with van der Waals surface area (Å²) in [6.45, 7) is 41.4. The molecule has 0 radical (unpaired) electrons. The average molecular weight is 1050 g/mol. The second kappa shape index (κ2) is 23.3. The summed E-state index contributed by atoms with van der Waals surface area (Å²) < 4.78 is 51.3. The summed E-state index contributed by atoms with van der Waals surface area (Å²) in [5, 5.41) is 21.8. The summed E-state index contributed by atoms with van der Waals surface area (Å²) in [4.78, 5) is 5.65. The third-order valence-electron chi connectivity index (χ3n) is 13.6. The van der Waals surface area contributed by atoms with E-state index in [1.54, 1.807) is 0 Å². The van der Waals surface area contributed by atoms with E-state index in [1.807, 2.05) is 0 Å². The van der Waals surface area contributed by atoms with Gasteiger partial charge in [-0.05, 0) is 111 Å². The second-order valence-electron chi connectivity index (χ2n) is 21.7. The van der Waals surface area contributed by atoms with Gasteiger partial charge in [-0.2, -0.15) is 0 Å². The number of aliphatic hydroxyl groups excluding tert-OH is 2. The third-order valence-corrected chi connectivity index (χ3v) is 23.9. The molecule has 14 heteroatoms. The van der Waals surface area contributed by atoms with Crippen molar-refractivity contribution in [1.29, 1.82) is 0 Å². The van der Waals surface area contributed by atoms with E-state index in [2.05, 4.69) is 113 Å². The molecule has 0 amide bonds. The van der Waals surface area contributed by atoms with Gasteiger partial charge in [0, 0.05) is 25.1 Å². The van der Waals surface area contributed by atoms with E-state index in [0.29, 0.717) is 23.9 Å². The van der Waals surface area contributed by atoms with Gasteiger partial charge in [-0.25, -0.2) is 0 Å². The molecule has 0 bridgehead atoms. The fourth-order valence-electron chi connectivity index (χ4n) is 10.1. The van der Waals surface area contributed by atoms with Crippen molar-refractivity contribution >= 4 is 17.1 Å². The van der Waals surface area contributed by atoms with Crippen LogP contribution in [0.2, 0.25) is 22.2 Å². The fourth-order valence-corrected chi connectivity index (χ4v) is 21.4. The van der Waals surface area contributed by atoms with Gasteiger partial charge in [-0.15, -0.1) is 6.58 Å². The Morgan fingerprint density at radius 1 is 0.712 bits per heavy atom. The SMILES string of the molecule is C=CC(O)C(O)[C@H]1O[C@H]2CCCO[C@@H]2C[C@@H]2O[Si](C(C)C)(C(C)C)O[Si](C(C)C)(C(C)C)O[C@@H]21.CC(C)(C)CCN1CCC[C@H]1[C@@H]1CCCN1CCC(C)(C)C.[O]=[Os]=[O]. The topological polar surface area (TPSA) is 127 Å². The van der Waals surface area contributed by atoms with Crippen molar-refractivity contribution in [3.8, 4) is 0 Å². The van der Waals surface area contributed by atoms with Crippen molar-refractivity contribution in [2.75, 3.05) is 32.8 Å². The Balaban J connectivity index is 0.000000320. The Morgan fingerprint density at radius 3 is 1.59 bits per heavy atom. The number of ether oxygens (including phenoxy) is 2. The number of aliphatic hydroxyl groups is 2. The van der Waals surface area contributed by atoms with Gasteiger partial charge in [0.15, 0.2) is 0 Å². The molecule has 2 N–H and O–H groups in total. The molecule has 5 fully saturated rings. The summed E-state index contributed by atoms with van der Waals surface area (Å²) in [6, 6.07) is 1.68. The van der Waals surface area contributed by atoms with Crippen LogP contribution in [0.5, 0.6) is 0 Å². The molecule has 9 atom stereocenters. The third kappa shape index (κ3) is 14.3. The van der Waals surface area contributed by atoms with Crippen LogP contribution >= 0.6 is 0 Å². The number of hydrogen-bond donors (Lipinski definition) is 2. The Morgan fingerprint density at radius 2 is 1.17 bits per heavy atom. The van der Waals surface area contributed by atoms with E-state index in [1.165, 1.54) is 70.8 Å². The van der Waals surface area contributed by atoms with Crippen molar-refractivity contribution in [2.24, 2.45) is 10.8 Å². The van der Waals surface area contributed by atoms with Crippen molar-refractivity contribution < 1.29 is 57.0 Å². The summed E-state index contributed by atoms with van der Waals surface area (Å²) in [5.74, 6) is 0. The van der Waals surface area contributed by atoms with Crippen molar-refractivity contribution in [3.63, 3.8) is 0 Å². The van der Waals surface area contributed by atoms with Crippen LogP contribution in [0.3, 0.4) is 0 Å². The predicted molar refractivity (Wildman–Crippen MR) is 236 cm³/mol. The van der Waals surface area contributed by atoms with Crippen LogP contribution in [0, 0.1) is 10.8 Å². The van der Waals surface area contributed by atoms with E-state index < -0.39 is 58.9 Å². The average Bonchev–Trinajstić information content (AvgIpc) is 3.74. The number of hydrogen-bond acceptors (Lipinski definition) is 11. The summed E-state index contributed by atoms with van der Waals surface area (Å²) in [7, 11) is -5.64. The molecule has 0 aromatic carbocycles. The maximum absolute atomic E-state index is 11.2. The van der Waals surface area contributed by atoms with E-state index in [4.69, 9.17) is 29.5 Å². The zero-order valence-corrected chi connectivity index (χ0v) is 44.2. The first kappa shape index (κ1) is 53.4. The molecule has 5 heterocycles. The number of likely N-dealkylation sites (tertiary alicyclic amines) is 2. The number of nitrogens with zero attached hydrogens (tertiary/aromatic N) is 2. The molecule has 348 valence electrons. The van der Waals surface area contributed by atoms with Gasteiger partial charge in [-0.3, -0.25) is 9.80 Å². The molecule has 0 saturated carbocycles. The zero-order valence-electron chi connectivity index (χ0n) is 39.7. The van der Waals surface area contributed by atoms with Crippen LogP contribution in [-0.2, 0) is 46.8 Å². The minimum atomic E-state index is -2.86. The first-order valence-corrected chi connectivity index (χ1v) is 29.2. The zero-order chi connectivity index (χ0) is 44.5. The van der Waals surface area contributed by atoms with E-state index in [-0.39, 0.29) is 40.5 Å². The van der Waals surface area contributed by atoms with Gasteiger partial charge >= 0.3 is 41.5 Å². The summed E-state index contributed by atoms with van der Waals surface area (Å²) in [5.41, 5.74) is 1.71. The van der Waals surface area contributed by atoms with Crippen LogP contribution in [0.1, 0.15) is 155 Å². The summed E-state index contributed by atoms with van der Waals surface area (Å²) in [6.07, 6.45) is 7.77. The van der Waals surface area contributed by atoms with Gasteiger partial charge in [0.25, 0.3) is 0 Å². The molecular formula is C45H88N2O9OsSi2. The molecule has 5 saturated heterocycles. The standard InChI is InChI=1S/C25H48O7Si2.C20H40N2.2O.Os/c1-10-19(26)23(27)25-24-22(14-21-20(29-25)12-11-13-28-21)30-33(15(2)3,16(4)5)32-34(31-24,17(6)7)18(8)9;1-19(2,3)11-15-21-13-7-9-17(21)18-10-8-14-22(18)16-12-20(4,5)6;;;/h10,15-27H,1,11-14H2,2-9H3;17-18H,7-16H2,1-6H3;;;/t19?,20-,21+,22-,23?,24-,25+;17-,18-;;;/m00.../s1. The molecule has 2 unspecified atom stereocenters. The van der Waals surface area contributed by atoms with Gasteiger partial charge in [0.1, 0.15) is 24.4 Å². The van der Waals surface area contributed by atoms with Crippen molar-refractivity contribution in [3.05, 3.63) is 12.7 Å². The van der Waals surface area contributed by atoms with E-state index >= 15 is 0 Å². The molecule has 0 aromatic heterocycles. The Kier molecular flexibility index (Phi) is 21.1. The molecule has 0 aliphatic carbocycles. The quantitative estimate of drug-likeness (QED) is 0.144. The normalized spacial score (nSPS) is 31.4.